The fraction of sp³-hybridized carbons (Fsp3) is 0.188. The van der Waals surface area contributed by atoms with Gasteiger partial charge in [0.25, 0.3) is 0 Å². The smallest absolute Gasteiger partial charge is 0.326 e. The number of nitrogens with one attached hydrogen (secondary N) is 1. The van der Waals surface area contributed by atoms with Crippen LogP contribution < -0.4 is 16.0 Å². The number of nitrogens with zero attached hydrogens (tertiary/aromatic N) is 1. The minimum Gasteiger partial charge on any atom is -0.326 e. The maximum atomic E-state index is 12.2. The number of nitrogens with two attached hydrogens (primary N) is 1. The highest BCUT2D eigenvalue weighted by atomic mass is 16.2. The normalized spacial score (nSPS) is 10.2. The lowest BCUT2D eigenvalue weighted by Crippen LogP contribution is -2.31. The molecule has 20 heavy (non-hydrogen) atoms. The highest BCUT2D eigenvalue weighted by Gasteiger charge is 2.12. The number of carbonyl (C=O) groups excluding carboxylic acids is 1. The predicted molar refractivity (Wildman–Crippen MR) is 82.9 cm³/mol. The summed E-state index contributed by atoms with van der Waals surface area (Å²) in [5, 5.41) is 2.87. The molecule has 2 aromatic rings. The van der Waals surface area contributed by atoms with Crippen molar-refractivity contribution < 1.29 is 4.79 Å². The molecule has 0 spiro atoms. The van der Waals surface area contributed by atoms with Crippen molar-refractivity contribution in [3.05, 3.63) is 59.7 Å². The number of amides is 2. The zero-order chi connectivity index (χ0) is 14.5. The van der Waals surface area contributed by atoms with Gasteiger partial charge in [-0.15, -0.1) is 0 Å². The molecule has 2 rings (SSSR count). The zero-order valence-corrected chi connectivity index (χ0v) is 11.8. The van der Waals surface area contributed by atoms with Crippen molar-refractivity contribution in [1.82, 2.24) is 0 Å². The number of para-hydroxylation sites is 1. The van der Waals surface area contributed by atoms with Crippen LogP contribution in [0.15, 0.2) is 48.5 Å². The number of carbonyl (C=O) groups is 1. The van der Waals surface area contributed by atoms with Crippen LogP contribution in [0.4, 0.5) is 16.2 Å². The van der Waals surface area contributed by atoms with Gasteiger partial charge in [0.2, 0.25) is 0 Å². The first-order valence-electron chi connectivity index (χ1n) is 6.51. The van der Waals surface area contributed by atoms with E-state index in [9.17, 15) is 4.79 Å². The van der Waals surface area contributed by atoms with Crippen molar-refractivity contribution in [2.75, 3.05) is 17.3 Å². The quantitative estimate of drug-likeness (QED) is 0.899. The summed E-state index contributed by atoms with van der Waals surface area (Å²) in [6, 6.07) is 15.1. The summed E-state index contributed by atoms with van der Waals surface area (Å²) in [5.41, 5.74) is 9.28. The summed E-state index contributed by atoms with van der Waals surface area (Å²) in [7, 11) is 1.75. The third-order valence-electron chi connectivity index (χ3n) is 3.20. The van der Waals surface area contributed by atoms with E-state index in [1.165, 1.54) is 0 Å². The van der Waals surface area contributed by atoms with Gasteiger partial charge >= 0.3 is 6.03 Å². The minimum absolute atomic E-state index is 0.173. The van der Waals surface area contributed by atoms with Gasteiger partial charge in [0.1, 0.15) is 0 Å². The van der Waals surface area contributed by atoms with Crippen molar-refractivity contribution in [3.63, 3.8) is 0 Å². The maximum absolute atomic E-state index is 12.2. The van der Waals surface area contributed by atoms with Crippen molar-refractivity contribution in [3.8, 4) is 0 Å². The standard InChI is InChI=1S/C16H19N3O/c1-12-6-3-4-9-15(12)19(2)16(20)18-14-8-5-7-13(10-14)11-17/h3-10H,11,17H2,1-2H3,(H,18,20). The number of benzene rings is 2. The van der Waals surface area contributed by atoms with Gasteiger partial charge in [0.05, 0.1) is 0 Å². The molecule has 0 aliphatic heterocycles. The molecule has 0 fully saturated rings. The monoisotopic (exact) mass is 269 g/mol. The molecular formula is C16H19N3O. The molecular weight excluding hydrogens is 250 g/mol. The molecule has 0 aliphatic carbocycles. The highest BCUT2D eigenvalue weighted by molar-refractivity contribution is 6.01. The van der Waals surface area contributed by atoms with Crippen LogP contribution >= 0.6 is 0 Å². The van der Waals surface area contributed by atoms with Crippen LogP contribution in [0.25, 0.3) is 0 Å². The van der Waals surface area contributed by atoms with Crippen molar-refractivity contribution >= 4 is 17.4 Å². The number of urea groups is 1. The molecule has 0 saturated heterocycles. The molecule has 0 unspecified atom stereocenters. The molecule has 0 atom stereocenters. The van der Waals surface area contributed by atoms with Gasteiger partial charge in [0.15, 0.2) is 0 Å². The van der Waals surface area contributed by atoms with Crippen LogP contribution in [0, 0.1) is 6.92 Å². The summed E-state index contributed by atoms with van der Waals surface area (Å²) < 4.78 is 0. The van der Waals surface area contributed by atoms with E-state index in [4.69, 9.17) is 5.73 Å². The Morgan fingerprint density at radius 1 is 1.20 bits per heavy atom. The van der Waals surface area contributed by atoms with Gasteiger partial charge in [-0.3, -0.25) is 4.90 Å². The van der Waals surface area contributed by atoms with Crippen molar-refractivity contribution in [1.29, 1.82) is 0 Å². The second-order valence-electron chi connectivity index (χ2n) is 4.68. The zero-order valence-electron chi connectivity index (χ0n) is 11.8. The summed E-state index contributed by atoms with van der Waals surface area (Å²) >= 11 is 0. The van der Waals surface area contributed by atoms with Gasteiger partial charge in [-0.05, 0) is 36.2 Å². The lowest BCUT2D eigenvalue weighted by molar-refractivity contribution is 0.258. The van der Waals surface area contributed by atoms with Crippen LogP contribution in [0.1, 0.15) is 11.1 Å². The summed E-state index contributed by atoms with van der Waals surface area (Å²) in [4.78, 5) is 13.8. The van der Waals surface area contributed by atoms with E-state index < -0.39 is 0 Å². The topological polar surface area (TPSA) is 58.4 Å². The molecule has 3 N–H and O–H groups in total. The van der Waals surface area contributed by atoms with Gasteiger partial charge in [0, 0.05) is 25.0 Å². The Kier molecular flexibility index (Phi) is 4.38. The molecule has 0 heterocycles. The van der Waals surface area contributed by atoms with Crippen molar-refractivity contribution in [2.24, 2.45) is 5.73 Å². The molecule has 0 aromatic heterocycles. The van der Waals surface area contributed by atoms with E-state index in [0.717, 1.165) is 22.5 Å². The lowest BCUT2D eigenvalue weighted by Gasteiger charge is -2.20. The predicted octanol–water partition coefficient (Wildman–Crippen LogP) is 3.12. The SMILES string of the molecule is Cc1ccccc1N(C)C(=O)Nc1cccc(CN)c1. The molecule has 2 amide bonds. The van der Waals surface area contributed by atoms with Crippen molar-refractivity contribution in [2.45, 2.75) is 13.5 Å². The van der Waals surface area contributed by atoms with E-state index in [2.05, 4.69) is 5.32 Å². The van der Waals surface area contributed by atoms with Gasteiger partial charge in [-0.1, -0.05) is 30.3 Å². The Hall–Kier alpha value is -2.33. The Balaban J connectivity index is 2.13. The molecule has 104 valence electrons. The van der Waals surface area contributed by atoms with E-state index in [-0.39, 0.29) is 6.03 Å². The number of rotatable bonds is 3. The molecule has 0 bridgehead atoms. The van der Waals surface area contributed by atoms with Crippen LogP contribution in [0.2, 0.25) is 0 Å². The third-order valence-corrected chi connectivity index (χ3v) is 3.20. The van der Waals surface area contributed by atoms with E-state index in [1.807, 2.05) is 55.5 Å². The summed E-state index contributed by atoms with van der Waals surface area (Å²) in [6.45, 7) is 2.44. The van der Waals surface area contributed by atoms with E-state index in [0.29, 0.717) is 6.54 Å². The molecule has 2 aromatic carbocycles. The second-order valence-corrected chi connectivity index (χ2v) is 4.68. The van der Waals surface area contributed by atoms with Gasteiger partial charge in [-0.2, -0.15) is 0 Å². The Labute approximate surface area is 119 Å². The first-order valence-corrected chi connectivity index (χ1v) is 6.51. The number of hydrogen-bond donors (Lipinski definition) is 2. The molecule has 0 aliphatic rings. The molecule has 4 nitrogen and oxygen atoms in total. The van der Waals surface area contributed by atoms with Crippen LogP contribution in [0.5, 0.6) is 0 Å². The summed E-state index contributed by atoms with van der Waals surface area (Å²) in [5.74, 6) is 0. The van der Waals surface area contributed by atoms with Crippen LogP contribution in [0.3, 0.4) is 0 Å². The second kappa shape index (κ2) is 6.21. The number of hydrogen-bond acceptors (Lipinski definition) is 2. The first-order chi connectivity index (χ1) is 9.61. The van der Waals surface area contributed by atoms with Crippen LogP contribution in [-0.4, -0.2) is 13.1 Å². The number of anilines is 2. The fourth-order valence-electron chi connectivity index (χ4n) is 2.03. The average Bonchev–Trinajstić information content (AvgIpc) is 2.47. The fourth-order valence-corrected chi connectivity index (χ4v) is 2.03. The van der Waals surface area contributed by atoms with E-state index in [1.54, 1.807) is 11.9 Å². The molecule has 0 saturated carbocycles. The van der Waals surface area contributed by atoms with E-state index >= 15 is 0 Å². The largest absolute Gasteiger partial charge is 0.326 e. The first kappa shape index (κ1) is 14.1. The number of aryl methyl sites for hydroxylation is 1. The van der Waals surface area contributed by atoms with Gasteiger partial charge < -0.3 is 11.1 Å². The highest BCUT2D eigenvalue weighted by Crippen LogP contribution is 2.19. The van der Waals surface area contributed by atoms with Gasteiger partial charge in [-0.25, -0.2) is 4.79 Å². The van der Waals surface area contributed by atoms with Crippen LogP contribution in [-0.2, 0) is 6.54 Å². The molecule has 4 heteroatoms. The lowest BCUT2D eigenvalue weighted by atomic mass is 10.2. The average molecular weight is 269 g/mol. The Morgan fingerprint density at radius 3 is 2.65 bits per heavy atom. The third kappa shape index (κ3) is 3.16. The maximum Gasteiger partial charge on any atom is 0.326 e. The molecule has 0 radical (unpaired) electrons. The Morgan fingerprint density at radius 2 is 1.95 bits per heavy atom. The minimum atomic E-state index is -0.173. The Bertz CT molecular complexity index is 610. The summed E-state index contributed by atoms with van der Waals surface area (Å²) in [6.07, 6.45) is 0.